The zero-order chi connectivity index (χ0) is 18.4. The molecule has 25 heavy (non-hydrogen) atoms. The van der Waals surface area contributed by atoms with E-state index in [4.69, 9.17) is 46.4 Å². The van der Waals surface area contributed by atoms with Gasteiger partial charge >= 0.3 is 0 Å². The molecule has 2 N–H and O–H groups in total. The minimum atomic E-state index is -0.567. The Morgan fingerprint density at radius 3 is 2.20 bits per heavy atom. The lowest BCUT2D eigenvalue weighted by molar-refractivity contribution is -0.120. The van der Waals surface area contributed by atoms with E-state index in [1.165, 1.54) is 0 Å². The summed E-state index contributed by atoms with van der Waals surface area (Å²) in [5, 5.41) is 5.03. The van der Waals surface area contributed by atoms with Crippen LogP contribution in [0.15, 0.2) is 30.3 Å². The van der Waals surface area contributed by atoms with Gasteiger partial charge in [0.1, 0.15) is 10.8 Å². The summed E-state index contributed by atoms with van der Waals surface area (Å²) in [6, 6.07) is 9.33. The van der Waals surface area contributed by atoms with Crippen LogP contribution >= 0.6 is 46.4 Å². The molecule has 132 valence electrons. The standard InChI is InChI=1S/C16H13Cl4N3O2/c17-11-12(18)14(23-15(20)13(11)19)16(25)22-7-6-21-10(24)8-9-4-2-1-3-5-9/h1-5H,6-8H2,(H,21,24)(H,22,25). The number of carbonyl (C=O) groups is 2. The summed E-state index contributed by atoms with van der Waals surface area (Å²) < 4.78 is 0. The zero-order valence-electron chi connectivity index (χ0n) is 12.8. The third-order valence-electron chi connectivity index (χ3n) is 3.14. The van der Waals surface area contributed by atoms with Gasteiger partial charge in [0, 0.05) is 13.1 Å². The third-order valence-corrected chi connectivity index (χ3v) is 4.82. The molecule has 5 nitrogen and oxygen atoms in total. The van der Waals surface area contributed by atoms with Crippen LogP contribution in [0.3, 0.4) is 0 Å². The number of amides is 2. The number of aromatic nitrogens is 1. The second-order valence-corrected chi connectivity index (χ2v) is 6.45. The van der Waals surface area contributed by atoms with E-state index < -0.39 is 5.91 Å². The van der Waals surface area contributed by atoms with Crippen LogP contribution in [0.5, 0.6) is 0 Å². The van der Waals surface area contributed by atoms with Gasteiger partial charge in [-0.1, -0.05) is 76.7 Å². The first kappa shape index (κ1) is 19.8. The topological polar surface area (TPSA) is 71.1 Å². The molecule has 0 unspecified atom stereocenters. The van der Waals surface area contributed by atoms with Crippen molar-refractivity contribution in [2.75, 3.05) is 13.1 Å². The minimum Gasteiger partial charge on any atom is -0.354 e. The van der Waals surface area contributed by atoms with Gasteiger partial charge in [-0.3, -0.25) is 9.59 Å². The molecule has 0 spiro atoms. The maximum Gasteiger partial charge on any atom is 0.271 e. The van der Waals surface area contributed by atoms with Gasteiger partial charge in [0.2, 0.25) is 5.91 Å². The summed E-state index contributed by atoms with van der Waals surface area (Å²) in [6.07, 6.45) is 0.268. The average Bonchev–Trinajstić information content (AvgIpc) is 2.60. The number of rotatable bonds is 6. The van der Waals surface area contributed by atoms with Crippen molar-refractivity contribution in [3.8, 4) is 0 Å². The van der Waals surface area contributed by atoms with Gasteiger partial charge in [0.15, 0.2) is 0 Å². The summed E-state index contributed by atoms with van der Waals surface area (Å²) in [5.41, 5.74) is 0.780. The molecule has 0 radical (unpaired) electrons. The molecular formula is C16H13Cl4N3O2. The highest BCUT2D eigenvalue weighted by Gasteiger charge is 2.19. The second-order valence-electron chi connectivity index (χ2n) is 4.96. The molecule has 0 bridgehead atoms. The van der Waals surface area contributed by atoms with Crippen molar-refractivity contribution >= 4 is 58.2 Å². The molecule has 0 aliphatic rings. The fourth-order valence-electron chi connectivity index (χ4n) is 1.94. The molecule has 1 heterocycles. The van der Waals surface area contributed by atoms with E-state index in [0.717, 1.165) is 5.56 Å². The van der Waals surface area contributed by atoms with Crippen molar-refractivity contribution in [3.63, 3.8) is 0 Å². The van der Waals surface area contributed by atoms with Gasteiger partial charge in [-0.25, -0.2) is 4.98 Å². The zero-order valence-corrected chi connectivity index (χ0v) is 15.8. The van der Waals surface area contributed by atoms with Crippen molar-refractivity contribution < 1.29 is 9.59 Å². The molecule has 0 fully saturated rings. The lowest BCUT2D eigenvalue weighted by atomic mass is 10.1. The Morgan fingerprint density at radius 1 is 0.880 bits per heavy atom. The Kier molecular flexibility index (Phi) is 7.32. The maximum atomic E-state index is 12.1. The number of pyridine rings is 1. The Labute approximate surface area is 164 Å². The molecule has 0 atom stereocenters. The Hall–Kier alpha value is -1.53. The van der Waals surface area contributed by atoms with Gasteiger partial charge in [-0.05, 0) is 5.56 Å². The molecule has 9 heteroatoms. The first-order valence-corrected chi connectivity index (χ1v) is 8.70. The lowest BCUT2D eigenvalue weighted by Crippen LogP contribution is -2.35. The molecule has 1 aromatic heterocycles. The average molecular weight is 421 g/mol. The van der Waals surface area contributed by atoms with Crippen LogP contribution in [0.25, 0.3) is 0 Å². The van der Waals surface area contributed by atoms with E-state index in [1.54, 1.807) is 0 Å². The van der Waals surface area contributed by atoms with E-state index in [0.29, 0.717) is 0 Å². The van der Waals surface area contributed by atoms with Gasteiger partial charge in [-0.2, -0.15) is 0 Å². The number of nitrogens with zero attached hydrogens (tertiary/aromatic N) is 1. The van der Waals surface area contributed by atoms with Crippen LogP contribution in [0.1, 0.15) is 16.1 Å². The van der Waals surface area contributed by atoms with Gasteiger partial charge in [0.05, 0.1) is 21.5 Å². The molecule has 0 aliphatic carbocycles. The monoisotopic (exact) mass is 419 g/mol. The smallest absolute Gasteiger partial charge is 0.271 e. The minimum absolute atomic E-state index is 0.0157. The highest BCUT2D eigenvalue weighted by Crippen LogP contribution is 2.35. The molecule has 2 amide bonds. The SMILES string of the molecule is O=C(Cc1ccccc1)NCCNC(=O)c1nc(Cl)c(Cl)c(Cl)c1Cl. The van der Waals surface area contributed by atoms with Crippen LogP contribution in [0.2, 0.25) is 20.2 Å². The van der Waals surface area contributed by atoms with E-state index >= 15 is 0 Å². The highest BCUT2D eigenvalue weighted by atomic mass is 35.5. The largest absolute Gasteiger partial charge is 0.354 e. The normalized spacial score (nSPS) is 10.4. The second kappa shape index (κ2) is 9.25. The summed E-state index contributed by atoms with van der Waals surface area (Å²) in [4.78, 5) is 27.7. The van der Waals surface area contributed by atoms with Crippen molar-refractivity contribution in [1.29, 1.82) is 0 Å². The summed E-state index contributed by atoms with van der Waals surface area (Å²) >= 11 is 23.4. The molecule has 0 aliphatic heterocycles. The van der Waals surface area contributed by atoms with Crippen LogP contribution < -0.4 is 10.6 Å². The first-order chi connectivity index (χ1) is 11.9. The Morgan fingerprint density at radius 2 is 1.52 bits per heavy atom. The molecule has 0 saturated carbocycles. The van der Waals surface area contributed by atoms with Crippen molar-refractivity contribution in [1.82, 2.24) is 15.6 Å². The number of benzene rings is 1. The van der Waals surface area contributed by atoms with Crippen LogP contribution in [0.4, 0.5) is 0 Å². The number of hydrogen-bond acceptors (Lipinski definition) is 3. The number of hydrogen-bond donors (Lipinski definition) is 2. The molecule has 2 aromatic rings. The maximum absolute atomic E-state index is 12.1. The summed E-state index contributed by atoms with van der Waals surface area (Å²) in [5.74, 6) is -0.711. The van der Waals surface area contributed by atoms with Gasteiger partial charge in [-0.15, -0.1) is 0 Å². The molecular weight excluding hydrogens is 408 g/mol. The fourth-order valence-corrected chi connectivity index (χ4v) is 2.76. The first-order valence-electron chi connectivity index (χ1n) is 7.19. The van der Waals surface area contributed by atoms with Crippen LogP contribution in [0, 0.1) is 0 Å². The number of nitrogens with one attached hydrogen (secondary N) is 2. The molecule has 1 aromatic carbocycles. The third kappa shape index (κ3) is 5.47. The predicted molar refractivity (Wildman–Crippen MR) is 99.8 cm³/mol. The highest BCUT2D eigenvalue weighted by molar-refractivity contribution is 6.52. The van der Waals surface area contributed by atoms with Crippen LogP contribution in [-0.4, -0.2) is 29.9 Å². The van der Waals surface area contributed by atoms with E-state index in [1.807, 2.05) is 30.3 Å². The van der Waals surface area contributed by atoms with E-state index in [2.05, 4.69) is 15.6 Å². The molecule has 0 saturated heterocycles. The van der Waals surface area contributed by atoms with E-state index in [9.17, 15) is 9.59 Å². The number of halogens is 4. The fraction of sp³-hybridized carbons (Fsp3) is 0.188. The quantitative estimate of drug-likeness (QED) is 0.551. The van der Waals surface area contributed by atoms with Crippen molar-refractivity contribution in [2.24, 2.45) is 0 Å². The van der Waals surface area contributed by atoms with Gasteiger partial charge < -0.3 is 10.6 Å². The Balaban J connectivity index is 1.82. The van der Waals surface area contributed by atoms with E-state index in [-0.39, 0.29) is 51.3 Å². The molecule has 2 rings (SSSR count). The summed E-state index contributed by atoms with van der Waals surface area (Å²) in [7, 11) is 0. The number of carbonyl (C=O) groups excluding carboxylic acids is 2. The van der Waals surface area contributed by atoms with Crippen LogP contribution in [-0.2, 0) is 11.2 Å². The summed E-state index contributed by atoms with van der Waals surface area (Å²) in [6.45, 7) is 0.444. The van der Waals surface area contributed by atoms with Crippen molar-refractivity contribution in [3.05, 3.63) is 61.8 Å². The Bertz CT molecular complexity index is 785. The predicted octanol–water partition coefficient (Wildman–Crippen LogP) is 3.78. The van der Waals surface area contributed by atoms with Crippen molar-refractivity contribution in [2.45, 2.75) is 6.42 Å². The van der Waals surface area contributed by atoms with Gasteiger partial charge in [0.25, 0.3) is 5.91 Å². The lowest BCUT2D eigenvalue weighted by Gasteiger charge is -2.09.